The Kier molecular flexibility index (Phi) is 4.97. The molecule has 0 radical (unpaired) electrons. The van der Waals surface area contributed by atoms with Gasteiger partial charge in [0.1, 0.15) is 17.7 Å². The van der Waals surface area contributed by atoms with E-state index in [1.165, 1.54) is 24.6 Å². The topological polar surface area (TPSA) is 66.9 Å². The van der Waals surface area contributed by atoms with Crippen LogP contribution in [0, 0.1) is 28.9 Å². The summed E-state index contributed by atoms with van der Waals surface area (Å²) in [4.78, 5) is 16.7. The quantitative estimate of drug-likeness (QED) is 0.464. The second-order valence-corrected chi connectivity index (χ2v) is 8.53. The molecule has 1 aromatic heterocycles. The fraction of sp³-hybridized carbons (Fsp3) is 0.269. The van der Waals surface area contributed by atoms with Crippen LogP contribution in [0.1, 0.15) is 65.2 Å². The van der Waals surface area contributed by atoms with E-state index >= 15 is 4.39 Å². The van der Waals surface area contributed by atoms with E-state index in [1.807, 2.05) is 6.07 Å². The highest BCUT2D eigenvalue weighted by Gasteiger charge is 2.33. The van der Waals surface area contributed by atoms with Crippen LogP contribution >= 0.6 is 0 Å². The first-order valence-electron chi connectivity index (χ1n) is 10.7. The zero-order chi connectivity index (χ0) is 22.4. The summed E-state index contributed by atoms with van der Waals surface area (Å²) in [7, 11) is 0. The number of Topliss-reactive ketones (excluding diaryl/α,β-unsaturated/α-hetero) is 1. The zero-order valence-corrected chi connectivity index (χ0v) is 17.3. The van der Waals surface area contributed by atoms with E-state index in [-0.39, 0.29) is 34.3 Å². The molecule has 32 heavy (non-hydrogen) atoms. The maximum Gasteiger partial charge on any atom is 0.185 e. The van der Waals surface area contributed by atoms with E-state index in [9.17, 15) is 14.4 Å². The molecular formula is C26H20F2N2O2. The van der Waals surface area contributed by atoms with Crippen LogP contribution in [-0.4, -0.2) is 10.8 Å². The normalized spacial score (nSPS) is 17.7. The Labute approximate surface area is 184 Å². The van der Waals surface area contributed by atoms with E-state index < -0.39 is 11.6 Å². The summed E-state index contributed by atoms with van der Waals surface area (Å²) in [5.41, 5.74) is 2.39. The van der Waals surface area contributed by atoms with Crippen LogP contribution < -0.4 is 0 Å². The molecule has 0 bridgehead atoms. The third kappa shape index (κ3) is 3.44. The molecule has 2 aliphatic carbocycles. The first-order valence-corrected chi connectivity index (χ1v) is 10.7. The first kappa shape index (κ1) is 20.3. The van der Waals surface area contributed by atoms with Crippen LogP contribution in [0.15, 0.2) is 41.7 Å². The molecule has 1 atom stereocenters. The van der Waals surface area contributed by atoms with Gasteiger partial charge in [0.05, 0.1) is 5.56 Å². The van der Waals surface area contributed by atoms with Crippen molar-refractivity contribution in [2.24, 2.45) is 5.92 Å². The van der Waals surface area contributed by atoms with Crippen LogP contribution in [0.25, 0.3) is 28.5 Å². The number of oxazole rings is 1. The fourth-order valence-electron chi connectivity index (χ4n) is 4.62. The highest BCUT2D eigenvalue weighted by atomic mass is 19.1. The number of ketones is 1. The van der Waals surface area contributed by atoms with Crippen LogP contribution in [0.5, 0.6) is 0 Å². The Hall–Kier alpha value is -3.59. The molecular weight excluding hydrogens is 410 g/mol. The standard InChI is InChI=1S/C26H20F2N2O2/c1-2-15-8-17(9-22(27)21(15)12-29)19-10-18-16(7-14-3-4-14)5-6-24(31)25-26(32-13-30-25)20(18)11-23(19)28/h2,8-11,13-14,16H,1,3-7H2. The molecule has 2 aromatic carbocycles. The lowest BCUT2D eigenvalue weighted by molar-refractivity contribution is 0.0972. The number of benzene rings is 2. The number of hydrogen-bond acceptors (Lipinski definition) is 4. The molecule has 1 fully saturated rings. The minimum atomic E-state index is -0.719. The van der Waals surface area contributed by atoms with Gasteiger partial charge in [0, 0.05) is 17.5 Å². The Bertz CT molecular complexity index is 1300. The highest BCUT2D eigenvalue weighted by Crippen LogP contribution is 2.46. The number of rotatable bonds is 4. The Morgan fingerprint density at radius 1 is 1.16 bits per heavy atom. The average Bonchev–Trinajstić information content (AvgIpc) is 3.47. The van der Waals surface area contributed by atoms with Crippen LogP contribution in [0.3, 0.4) is 0 Å². The number of aromatic nitrogens is 1. The maximum absolute atomic E-state index is 15.4. The minimum Gasteiger partial charge on any atom is -0.443 e. The maximum atomic E-state index is 15.4. The minimum absolute atomic E-state index is 0.0566. The molecule has 4 nitrogen and oxygen atoms in total. The number of hydrogen-bond donors (Lipinski definition) is 0. The van der Waals surface area contributed by atoms with E-state index in [0.717, 1.165) is 24.8 Å². The number of nitrogens with zero attached hydrogens (tertiary/aromatic N) is 2. The van der Waals surface area contributed by atoms with Crippen LogP contribution in [0.4, 0.5) is 8.78 Å². The summed E-state index contributed by atoms with van der Waals surface area (Å²) in [6, 6.07) is 7.68. The first-order chi connectivity index (χ1) is 15.5. The predicted molar refractivity (Wildman–Crippen MR) is 116 cm³/mol. The fourth-order valence-corrected chi connectivity index (χ4v) is 4.62. The molecule has 0 aliphatic heterocycles. The van der Waals surface area contributed by atoms with Crippen molar-refractivity contribution in [3.8, 4) is 28.5 Å². The van der Waals surface area contributed by atoms with Gasteiger partial charge in [-0.25, -0.2) is 13.8 Å². The second-order valence-electron chi connectivity index (χ2n) is 8.53. The van der Waals surface area contributed by atoms with Crippen LogP contribution in [-0.2, 0) is 0 Å². The van der Waals surface area contributed by atoms with Crippen molar-refractivity contribution in [1.82, 2.24) is 4.98 Å². The van der Waals surface area contributed by atoms with Gasteiger partial charge in [0.15, 0.2) is 23.6 Å². The van der Waals surface area contributed by atoms with Gasteiger partial charge in [0.25, 0.3) is 0 Å². The summed E-state index contributed by atoms with van der Waals surface area (Å²) in [6.07, 6.45) is 6.81. The smallest absolute Gasteiger partial charge is 0.185 e. The van der Waals surface area contributed by atoms with Crippen molar-refractivity contribution < 1.29 is 18.0 Å². The van der Waals surface area contributed by atoms with E-state index in [4.69, 9.17) is 4.42 Å². The van der Waals surface area contributed by atoms with Gasteiger partial charge < -0.3 is 4.42 Å². The molecule has 0 saturated heterocycles. The Morgan fingerprint density at radius 3 is 2.69 bits per heavy atom. The number of carbonyl (C=O) groups excluding carboxylic acids is 1. The monoisotopic (exact) mass is 430 g/mol. The van der Waals surface area contributed by atoms with Crippen molar-refractivity contribution in [1.29, 1.82) is 5.26 Å². The van der Waals surface area contributed by atoms with Gasteiger partial charge in [-0.1, -0.05) is 25.5 Å². The number of nitriles is 1. The second kappa shape index (κ2) is 7.83. The van der Waals surface area contributed by atoms with Gasteiger partial charge in [-0.2, -0.15) is 5.26 Å². The van der Waals surface area contributed by atoms with Crippen molar-refractivity contribution in [2.45, 2.75) is 38.0 Å². The van der Waals surface area contributed by atoms with Gasteiger partial charge in [-0.15, -0.1) is 0 Å². The lowest BCUT2D eigenvalue weighted by Crippen LogP contribution is -2.12. The molecule has 160 valence electrons. The zero-order valence-electron chi connectivity index (χ0n) is 17.3. The van der Waals surface area contributed by atoms with E-state index in [2.05, 4.69) is 11.6 Å². The summed E-state index contributed by atoms with van der Waals surface area (Å²) < 4.78 is 35.5. The third-order valence-electron chi connectivity index (χ3n) is 6.45. The molecule has 1 heterocycles. The Balaban J connectivity index is 1.72. The van der Waals surface area contributed by atoms with Crippen LogP contribution in [0.2, 0.25) is 0 Å². The Morgan fingerprint density at radius 2 is 1.97 bits per heavy atom. The molecule has 0 amide bonds. The van der Waals surface area contributed by atoms with Gasteiger partial charge in [0.2, 0.25) is 0 Å². The van der Waals surface area contributed by atoms with Crippen molar-refractivity contribution in [3.05, 3.63) is 71.3 Å². The largest absolute Gasteiger partial charge is 0.443 e. The average molecular weight is 430 g/mol. The molecule has 1 unspecified atom stereocenters. The molecule has 3 aromatic rings. The lowest BCUT2D eigenvalue weighted by atomic mass is 9.81. The van der Waals surface area contributed by atoms with Crippen molar-refractivity contribution in [3.63, 3.8) is 0 Å². The molecule has 5 rings (SSSR count). The van der Waals surface area contributed by atoms with Gasteiger partial charge in [-0.05, 0) is 65.6 Å². The van der Waals surface area contributed by atoms with Crippen molar-refractivity contribution in [2.75, 3.05) is 0 Å². The van der Waals surface area contributed by atoms with E-state index in [0.29, 0.717) is 35.4 Å². The molecule has 6 heteroatoms. The lowest BCUT2D eigenvalue weighted by Gasteiger charge is -2.23. The van der Waals surface area contributed by atoms with Crippen molar-refractivity contribution >= 4 is 11.9 Å². The molecule has 1 saturated carbocycles. The SMILES string of the molecule is C=Cc1cc(-c2cc3c(cc2F)-c2ocnc2C(=O)CCC3CC2CC2)cc(F)c1C#N. The number of carbonyl (C=O) groups is 1. The number of halogens is 2. The number of fused-ring (bicyclic) bond motifs is 3. The predicted octanol–water partition coefficient (Wildman–Crippen LogP) is 6.66. The highest BCUT2D eigenvalue weighted by molar-refractivity contribution is 6.00. The van der Waals surface area contributed by atoms with E-state index in [1.54, 1.807) is 12.1 Å². The summed E-state index contributed by atoms with van der Waals surface area (Å²) >= 11 is 0. The van der Waals surface area contributed by atoms with Gasteiger partial charge >= 0.3 is 0 Å². The molecule has 0 N–H and O–H groups in total. The third-order valence-corrected chi connectivity index (χ3v) is 6.45. The summed E-state index contributed by atoms with van der Waals surface area (Å²) in [5.74, 6) is -0.443. The molecule has 2 aliphatic rings. The van der Waals surface area contributed by atoms with Gasteiger partial charge in [-0.3, -0.25) is 4.79 Å². The summed E-state index contributed by atoms with van der Waals surface area (Å²) in [5, 5.41) is 9.23. The molecule has 0 spiro atoms. The summed E-state index contributed by atoms with van der Waals surface area (Å²) in [6.45, 7) is 3.65.